The van der Waals surface area contributed by atoms with Gasteiger partial charge in [-0.05, 0) is 32.6 Å². The summed E-state index contributed by atoms with van der Waals surface area (Å²) >= 11 is 0. The molecule has 1 aromatic rings. The Morgan fingerprint density at radius 1 is 1.56 bits per heavy atom. The zero-order valence-electron chi connectivity index (χ0n) is 10.8. The maximum atomic E-state index is 12.6. The normalized spacial score (nSPS) is 23.5. The van der Waals surface area contributed by atoms with Gasteiger partial charge in [0.2, 0.25) is 5.91 Å². The second-order valence-electron chi connectivity index (χ2n) is 5.35. The summed E-state index contributed by atoms with van der Waals surface area (Å²) in [6.07, 6.45) is 8.12. The van der Waals surface area contributed by atoms with Crippen LogP contribution in [0.2, 0.25) is 0 Å². The van der Waals surface area contributed by atoms with Crippen LogP contribution in [0.3, 0.4) is 0 Å². The number of fused-ring (bicyclic) bond motifs is 1. The molecule has 1 N–H and O–H groups in total. The van der Waals surface area contributed by atoms with Crippen molar-refractivity contribution in [1.29, 1.82) is 0 Å². The van der Waals surface area contributed by atoms with Gasteiger partial charge in [-0.15, -0.1) is 0 Å². The Balaban J connectivity index is 1.80. The van der Waals surface area contributed by atoms with Crippen LogP contribution in [0.15, 0.2) is 17.8 Å². The quantitative estimate of drug-likeness (QED) is 0.769. The molecule has 0 spiro atoms. The molecule has 0 fully saturated rings. The van der Waals surface area contributed by atoms with E-state index in [2.05, 4.69) is 23.2 Å². The van der Waals surface area contributed by atoms with E-state index in [9.17, 15) is 4.79 Å². The third-order valence-corrected chi connectivity index (χ3v) is 3.99. The summed E-state index contributed by atoms with van der Waals surface area (Å²) < 4.78 is 0. The molecule has 4 nitrogen and oxygen atoms in total. The molecule has 0 aromatic carbocycles. The van der Waals surface area contributed by atoms with Crippen LogP contribution in [-0.2, 0) is 11.2 Å². The smallest absolute Gasteiger partial charge is 0.230 e. The van der Waals surface area contributed by atoms with Gasteiger partial charge in [0, 0.05) is 24.3 Å². The predicted molar refractivity (Wildman–Crippen MR) is 69.2 cm³/mol. The molecule has 96 valence electrons. The lowest BCUT2D eigenvalue weighted by atomic mass is 9.86. The molecule has 1 amide bonds. The van der Waals surface area contributed by atoms with Crippen molar-refractivity contribution in [2.24, 2.45) is 0 Å². The molecule has 3 rings (SSSR count). The van der Waals surface area contributed by atoms with E-state index in [1.165, 1.54) is 5.57 Å². The van der Waals surface area contributed by atoms with Crippen molar-refractivity contribution >= 4 is 5.91 Å². The summed E-state index contributed by atoms with van der Waals surface area (Å²) in [4.78, 5) is 14.6. The van der Waals surface area contributed by atoms with E-state index in [-0.39, 0.29) is 11.8 Å². The summed E-state index contributed by atoms with van der Waals surface area (Å²) in [6, 6.07) is 0. The predicted octanol–water partition coefficient (Wildman–Crippen LogP) is 2.01. The molecule has 4 heteroatoms. The summed E-state index contributed by atoms with van der Waals surface area (Å²) in [7, 11) is 0. The Kier molecular flexibility index (Phi) is 2.94. The van der Waals surface area contributed by atoms with E-state index < -0.39 is 0 Å². The average Bonchev–Trinajstić information content (AvgIpc) is 2.86. The van der Waals surface area contributed by atoms with Crippen LogP contribution in [-0.4, -0.2) is 34.1 Å². The number of aryl methyl sites for hydroxylation is 1. The molecule has 0 saturated carbocycles. The number of hydrogen-bond acceptors (Lipinski definition) is 2. The Morgan fingerprint density at radius 3 is 3.28 bits per heavy atom. The van der Waals surface area contributed by atoms with Gasteiger partial charge >= 0.3 is 0 Å². The van der Waals surface area contributed by atoms with Gasteiger partial charge in [0.05, 0.1) is 12.1 Å². The highest BCUT2D eigenvalue weighted by Crippen LogP contribution is 2.32. The molecule has 1 aromatic heterocycles. The number of carbonyl (C=O) groups is 1. The second kappa shape index (κ2) is 4.59. The first-order chi connectivity index (χ1) is 8.75. The lowest BCUT2D eigenvalue weighted by Gasteiger charge is -2.31. The molecule has 0 saturated heterocycles. The van der Waals surface area contributed by atoms with Crippen molar-refractivity contribution in [2.75, 3.05) is 13.1 Å². The van der Waals surface area contributed by atoms with Gasteiger partial charge < -0.3 is 4.90 Å². The standard InChI is InChI=1S/C14H19N3O/c1-10-4-3-7-17(9-10)14(18)11-5-2-6-13-12(11)8-15-16-13/h4,8,11H,2-3,5-7,9H2,1H3,(H,15,16)/t11-/m1/s1. The zero-order chi connectivity index (χ0) is 12.5. The Labute approximate surface area is 107 Å². The molecular formula is C14H19N3O. The molecule has 0 unspecified atom stereocenters. The zero-order valence-corrected chi connectivity index (χ0v) is 10.8. The van der Waals surface area contributed by atoms with Gasteiger partial charge in [-0.3, -0.25) is 9.89 Å². The van der Waals surface area contributed by atoms with Crippen molar-refractivity contribution in [3.05, 3.63) is 29.1 Å². The van der Waals surface area contributed by atoms with Crippen LogP contribution in [0.5, 0.6) is 0 Å². The fourth-order valence-corrected chi connectivity index (χ4v) is 3.04. The van der Waals surface area contributed by atoms with Crippen molar-refractivity contribution in [3.63, 3.8) is 0 Å². The molecule has 2 heterocycles. The minimum atomic E-state index is 0.0263. The van der Waals surface area contributed by atoms with Gasteiger partial charge in [-0.25, -0.2) is 0 Å². The molecule has 1 aliphatic carbocycles. The topological polar surface area (TPSA) is 49.0 Å². The highest BCUT2D eigenvalue weighted by Gasteiger charge is 2.31. The van der Waals surface area contributed by atoms with Gasteiger partial charge in [-0.1, -0.05) is 11.6 Å². The Hall–Kier alpha value is -1.58. The molecule has 1 aliphatic heterocycles. The molecule has 18 heavy (non-hydrogen) atoms. The highest BCUT2D eigenvalue weighted by molar-refractivity contribution is 5.84. The third-order valence-electron chi connectivity index (χ3n) is 3.99. The Morgan fingerprint density at radius 2 is 2.44 bits per heavy atom. The van der Waals surface area contributed by atoms with Gasteiger partial charge in [0.1, 0.15) is 0 Å². The van der Waals surface area contributed by atoms with Crippen LogP contribution >= 0.6 is 0 Å². The molecule has 1 atom stereocenters. The van der Waals surface area contributed by atoms with Gasteiger partial charge in [-0.2, -0.15) is 5.10 Å². The average molecular weight is 245 g/mol. The first kappa shape index (κ1) is 11.5. The number of rotatable bonds is 1. The van der Waals surface area contributed by atoms with Crippen LogP contribution < -0.4 is 0 Å². The first-order valence-electron chi connectivity index (χ1n) is 6.72. The largest absolute Gasteiger partial charge is 0.338 e. The second-order valence-corrected chi connectivity index (χ2v) is 5.35. The van der Waals surface area contributed by atoms with Crippen molar-refractivity contribution in [1.82, 2.24) is 15.1 Å². The van der Waals surface area contributed by atoms with Crippen molar-refractivity contribution in [3.8, 4) is 0 Å². The maximum absolute atomic E-state index is 12.6. The minimum absolute atomic E-state index is 0.0263. The monoisotopic (exact) mass is 245 g/mol. The number of amides is 1. The van der Waals surface area contributed by atoms with E-state index in [4.69, 9.17) is 0 Å². The lowest BCUT2D eigenvalue weighted by Crippen LogP contribution is -2.39. The number of nitrogens with one attached hydrogen (secondary N) is 1. The number of H-pyrrole nitrogens is 1. The summed E-state index contributed by atoms with van der Waals surface area (Å²) in [6.45, 7) is 3.76. The van der Waals surface area contributed by atoms with Crippen LogP contribution in [0, 0.1) is 0 Å². The van der Waals surface area contributed by atoms with E-state index >= 15 is 0 Å². The van der Waals surface area contributed by atoms with E-state index in [1.807, 2.05) is 11.1 Å². The summed E-state index contributed by atoms with van der Waals surface area (Å²) in [5.41, 5.74) is 3.58. The van der Waals surface area contributed by atoms with E-state index in [0.717, 1.165) is 50.0 Å². The van der Waals surface area contributed by atoms with Gasteiger partial charge in [0.15, 0.2) is 0 Å². The number of aromatic amines is 1. The molecule has 0 bridgehead atoms. The number of hydrogen-bond donors (Lipinski definition) is 1. The molecule has 0 radical (unpaired) electrons. The fraction of sp³-hybridized carbons (Fsp3) is 0.571. The summed E-state index contributed by atoms with van der Waals surface area (Å²) in [5.74, 6) is 0.309. The van der Waals surface area contributed by atoms with Crippen molar-refractivity contribution in [2.45, 2.75) is 38.5 Å². The third kappa shape index (κ3) is 1.96. The maximum Gasteiger partial charge on any atom is 0.230 e. The number of nitrogens with zero attached hydrogens (tertiary/aromatic N) is 2. The summed E-state index contributed by atoms with van der Waals surface area (Å²) in [5, 5.41) is 7.11. The lowest BCUT2D eigenvalue weighted by molar-refractivity contribution is -0.133. The minimum Gasteiger partial charge on any atom is -0.338 e. The number of carbonyl (C=O) groups excluding carboxylic acids is 1. The van der Waals surface area contributed by atoms with Gasteiger partial charge in [0.25, 0.3) is 0 Å². The first-order valence-corrected chi connectivity index (χ1v) is 6.72. The molecular weight excluding hydrogens is 226 g/mol. The van der Waals surface area contributed by atoms with E-state index in [1.54, 1.807) is 0 Å². The molecule has 2 aliphatic rings. The van der Waals surface area contributed by atoms with E-state index in [0.29, 0.717) is 0 Å². The van der Waals surface area contributed by atoms with Crippen LogP contribution in [0.1, 0.15) is 43.4 Å². The van der Waals surface area contributed by atoms with Crippen molar-refractivity contribution < 1.29 is 4.79 Å². The highest BCUT2D eigenvalue weighted by atomic mass is 16.2. The van der Waals surface area contributed by atoms with Crippen LogP contribution in [0.25, 0.3) is 0 Å². The SMILES string of the molecule is CC1=CCCN(C(=O)[C@@H]2CCCc3[nH]ncc32)C1. The van der Waals surface area contributed by atoms with Crippen LogP contribution in [0.4, 0.5) is 0 Å². The fourth-order valence-electron chi connectivity index (χ4n) is 3.04. The Bertz CT molecular complexity index is 489. The number of aromatic nitrogens is 2.